The maximum absolute atomic E-state index is 14.0. The standard InChI is InChI=1S/C29H31BrN4O4S/c1-38-26-16-13-23(32-29(36)25-20-31-28(33-25)21-9-5-4-6-10-21)19-27(26)39(37)34(17-7-2-3-8-18-35)24-14-11-22(30)12-15-24/h4-6,9-16,19-20,35H,2-3,7-8,17-18H2,1H3,(H,31,33)(H,32,36). The van der Waals surface area contributed by atoms with Crippen LogP contribution in [-0.2, 0) is 11.0 Å². The third-order valence-corrected chi connectivity index (χ3v) is 8.08. The zero-order valence-corrected chi connectivity index (χ0v) is 24.0. The number of aliphatic hydroxyl groups excluding tert-OH is 1. The Bertz CT molecular complexity index is 1400. The van der Waals surface area contributed by atoms with Gasteiger partial charge in [-0.25, -0.2) is 9.19 Å². The lowest BCUT2D eigenvalue weighted by Gasteiger charge is -2.25. The number of nitrogens with zero attached hydrogens (tertiary/aromatic N) is 2. The van der Waals surface area contributed by atoms with E-state index in [2.05, 4.69) is 31.2 Å². The van der Waals surface area contributed by atoms with Gasteiger partial charge in [0.1, 0.15) is 22.2 Å². The Morgan fingerprint density at radius 2 is 1.79 bits per heavy atom. The Morgan fingerprint density at radius 3 is 2.51 bits per heavy atom. The molecule has 0 fully saturated rings. The summed E-state index contributed by atoms with van der Waals surface area (Å²) in [4.78, 5) is 20.8. The van der Waals surface area contributed by atoms with Gasteiger partial charge in [0.15, 0.2) is 11.0 Å². The molecule has 0 aliphatic rings. The molecular weight excluding hydrogens is 580 g/mol. The lowest BCUT2D eigenvalue weighted by atomic mass is 10.2. The molecule has 1 unspecified atom stereocenters. The summed E-state index contributed by atoms with van der Waals surface area (Å²) < 4.78 is 22.3. The van der Waals surface area contributed by atoms with Crippen molar-refractivity contribution in [1.29, 1.82) is 0 Å². The fourth-order valence-corrected chi connectivity index (χ4v) is 5.68. The van der Waals surface area contributed by atoms with Crippen LogP contribution in [0.5, 0.6) is 5.75 Å². The molecule has 1 aromatic heterocycles. The number of H-pyrrole nitrogens is 1. The van der Waals surface area contributed by atoms with Crippen molar-refractivity contribution >= 4 is 44.2 Å². The minimum absolute atomic E-state index is 0.171. The number of amides is 1. The molecule has 10 heteroatoms. The van der Waals surface area contributed by atoms with E-state index in [-0.39, 0.29) is 12.5 Å². The van der Waals surface area contributed by atoms with Gasteiger partial charge in [-0.05, 0) is 55.3 Å². The van der Waals surface area contributed by atoms with E-state index in [1.54, 1.807) is 18.2 Å². The topological polar surface area (TPSA) is 108 Å². The summed E-state index contributed by atoms with van der Waals surface area (Å²) in [5.74, 6) is 0.697. The minimum atomic E-state index is -1.62. The number of nitrogens with one attached hydrogen (secondary N) is 2. The van der Waals surface area contributed by atoms with E-state index >= 15 is 0 Å². The number of anilines is 2. The molecule has 0 spiro atoms. The molecule has 0 saturated carbocycles. The highest BCUT2D eigenvalue weighted by atomic mass is 79.9. The van der Waals surface area contributed by atoms with Crippen LogP contribution in [0.3, 0.4) is 0 Å². The van der Waals surface area contributed by atoms with Gasteiger partial charge in [-0.1, -0.05) is 59.1 Å². The molecule has 0 bridgehead atoms. The number of unbranched alkanes of at least 4 members (excludes halogenated alkanes) is 3. The normalized spacial score (nSPS) is 11.7. The molecule has 0 aliphatic carbocycles. The number of benzene rings is 3. The average Bonchev–Trinajstić information content (AvgIpc) is 3.47. The van der Waals surface area contributed by atoms with E-state index in [4.69, 9.17) is 9.84 Å². The van der Waals surface area contributed by atoms with Crippen molar-refractivity contribution in [1.82, 2.24) is 9.97 Å². The van der Waals surface area contributed by atoms with Gasteiger partial charge in [-0.2, -0.15) is 0 Å². The van der Waals surface area contributed by atoms with E-state index in [1.165, 1.54) is 13.3 Å². The predicted molar refractivity (Wildman–Crippen MR) is 158 cm³/mol. The first-order chi connectivity index (χ1) is 19.0. The van der Waals surface area contributed by atoms with Crippen LogP contribution in [0.25, 0.3) is 11.4 Å². The molecule has 39 heavy (non-hydrogen) atoms. The second-order valence-corrected chi connectivity index (χ2v) is 11.1. The monoisotopic (exact) mass is 610 g/mol. The highest BCUT2D eigenvalue weighted by molar-refractivity contribution is 9.10. The molecule has 3 aromatic carbocycles. The fraction of sp³-hybridized carbons (Fsp3) is 0.241. The van der Waals surface area contributed by atoms with E-state index in [0.29, 0.717) is 34.4 Å². The van der Waals surface area contributed by atoms with Gasteiger partial charge < -0.3 is 20.1 Å². The zero-order valence-electron chi connectivity index (χ0n) is 21.6. The molecule has 4 aromatic rings. The average molecular weight is 612 g/mol. The van der Waals surface area contributed by atoms with E-state index in [9.17, 15) is 9.00 Å². The summed E-state index contributed by atoms with van der Waals surface area (Å²) in [5, 5.41) is 11.9. The largest absolute Gasteiger partial charge is 0.495 e. The maximum atomic E-state index is 14.0. The van der Waals surface area contributed by atoms with Crippen LogP contribution in [0.1, 0.15) is 36.2 Å². The number of aromatic nitrogens is 2. The Morgan fingerprint density at radius 1 is 1.05 bits per heavy atom. The van der Waals surface area contributed by atoms with Crippen LogP contribution in [0.4, 0.5) is 11.4 Å². The fourth-order valence-electron chi connectivity index (χ4n) is 4.02. The summed E-state index contributed by atoms with van der Waals surface area (Å²) in [6.07, 6.45) is 4.87. The Kier molecular flexibility index (Phi) is 10.3. The summed E-state index contributed by atoms with van der Waals surface area (Å²) >= 11 is 3.46. The quantitative estimate of drug-likeness (QED) is 0.157. The zero-order chi connectivity index (χ0) is 27.6. The van der Waals surface area contributed by atoms with Gasteiger partial charge in [0.2, 0.25) is 0 Å². The molecule has 0 saturated heterocycles. The smallest absolute Gasteiger partial charge is 0.273 e. The molecule has 1 amide bonds. The number of methoxy groups -OCH3 is 1. The first kappa shape index (κ1) is 28.5. The molecule has 1 atom stereocenters. The first-order valence-corrected chi connectivity index (χ1v) is 14.6. The number of aromatic amines is 1. The number of imidazole rings is 1. The second-order valence-electron chi connectivity index (χ2n) is 8.80. The molecule has 8 nitrogen and oxygen atoms in total. The molecule has 204 valence electrons. The van der Waals surface area contributed by atoms with Crippen molar-refractivity contribution in [2.45, 2.75) is 30.6 Å². The number of hydrogen-bond acceptors (Lipinski definition) is 5. The number of carbonyl (C=O) groups is 1. The minimum Gasteiger partial charge on any atom is -0.495 e. The SMILES string of the molecule is COc1ccc(NC(=O)c2cnc(-c3ccccc3)[nH]2)cc1S(=O)N(CCCCCCO)c1ccc(Br)cc1. The Hall–Kier alpha value is -3.47. The molecule has 0 radical (unpaired) electrons. The molecule has 3 N–H and O–H groups in total. The molecule has 0 aliphatic heterocycles. The van der Waals surface area contributed by atoms with Crippen molar-refractivity contribution < 1.29 is 18.8 Å². The van der Waals surface area contributed by atoms with Crippen molar-refractivity contribution in [3.05, 3.63) is 89.2 Å². The van der Waals surface area contributed by atoms with Gasteiger partial charge in [0.25, 0.3) is 5.91 Å². The third-order valence-electron chi connectivity index (χ3n) is 6.06. The summed E-state index contributed by atoms with van der Waals surface area (Å²) in [7, 11) is -0.0850. The molecular formula is C29H31BrN4O4S. The Labute approximate surface area is 239 Å². The van der Waals surface area contributed by atoms with Crippen molar-refractivity contribution in [3.63, 3.8) is 0 Å². The second kappa shape index (κ2) is 14.1. The van der Waals surface area contributed by atoms with E-state index in [0.717, 1.165) is 41.4 Å². The molecule has 4 rings (SSSR count). The summed E-state index contributed by atoms with van der Waals surface area (Å²) in [6.45, 7) is 0.722. The summed E-state index contributed by atoms with van der Waals surface area (Å²) in [6, 6.07) is 22.3. The van der Waals surface area contributed by atoms with E-state index in [1.807, 2.05) is 58.9 Å². The van der Waals surface area contributed by atoms with Crippen LogP contribution < -0.4 is 14.4 Å². The highest BCUT2D eigenvalue weighted by Gasteiger charge is 2.21. The number of hydrogen-bond donors (Lipinski definition) is 3. The van der Waals surface area contributed by atoms with E-state index < -0.39 is 11.0 Å². The van der Waals surface area contributed by atoms with Gasteiger partial charge >= 0.3 is 0 Å². The predicted octanol–water partition coefficient (Wildman–Crippen LogP) is 6.18. The van der Waals surface area contributed by atoms with Crippen LogP contribution in [-0.4, -0.2) is 45.5 Å². The van der Waals surface area contributed by atoms with Crippen molar-refractivity contribution in [3.8, 4) is 17.1 Å². The lowest BCUT2D eigenvalue weighted by molar-refractivity contribution is 0.102. The van der Waals surface area contributed by atoms with Gasteiger partial charge in [-0.3, -0.25) is 9.10 Å². The molecule has 1 heterocycles. The summed E-state index contributed by atoms with van der Waals surface area (Å²) in [5.41, 5.74) is 2.48. The van der Waals surface area contributed by atoms with Crippen LogP contribution in [0.15, 0.2) is 88.4 Å². The number of aliphatic hydroxyl groups is 1. The van der Waals surface area contributed by atoms with Crippen molar-refractivity contribution in [2.75, 3.05) is 29.9 Å². The number of halogens is 1. The highest BCUT2D eigenvalue weighted by Crippen LogP contribution is 2.31. The number of carbonyl (C=O) groups excluding carboxylic acids is 1. The third kappa shape index (κ3) is 7.56. The van der Waals surface area contributed by atoms with Gasteiger partial charge in [-0.15, -0.1) is 0 Å². The van der Waals surface area contributed by atoms with Gasteiger partial charge in [0.05, 0.1) is 13.3 Å². The van der Waals surface area contributed by atoms with Crippen molar-refractivity contribution in [2.24, 2.45) is 0 Å². The Balaban J connectivity index is 1.55. The lowest BCUT2D eigenvalue weighted by Crippen LogP contribution is -2.27. The maximum Gasteiger partial charge on any atom is 0.273 e. The van der Waals surface area contributed by atoms with Crippen LogP contribution >= 0.6 is 15.9 Å². The van der Waals surface area contributed by atoms with Crippen LogP contribution in [0, 0.1) is 0 Å². The first-order valence-electron chi connectivity index (χ1n) is 12.7. The van der Waals surface area contributed by atoms with Gasteiger partial charge in [0, 0.05) is 34.6 Å². The number of ether oxygens (including phenoxy) is 1. The van der Waals surface area contributed by atoms with Crippen LogP contribution in [0.2, 0.25) is 0 Å². The number of rotatable bonds is 13.